The van der Waals surface area contributed by atoms with Crippen LogP contribution in [0.15, 0.2) is 47.8 Å². The molecule has 1 amide bonds. The quantitative estimate of drug-likeness (QED) is 0.493. The van der Waals surface area contributed by atoms with Crippen LogP contribution in [0.4, 0.5) is 5.82 Å². The number of aromatic nitrogens is 2. The summed E-state index contributed by atoms with van der Waals surface area (Å²) < 4.78 is 0. The van der Waals surface area contributed by atoms with E-state index in [9.17, 15) is 4.79 Å². The normalized spacial score (nSPS) is 17.4. The van der Waals surface area contributed by atoms with Gasteiger partial charge >= 0.3 is 0 Å². The molecule has 0 spiro atoms. The first-order chi connectivity index (χ1) is 10.8. The average Bonchev–Trinajstić information content (AvgIpc) is 2.95. The molecule has 7 heteroatoms. The smallest absolute Gasteiger partial charge is 0.228 e. The minimum absolute atomic E-state index is 0.0140. The second kappa shape index (κ2) is 6.24. The summed E-state index contributed by atoms with van der Waals surface area (Å²) in [6.45, 7) is 0.839. The van der Waals surface area contributed by atoms with Crippen LogP contribution in [0.2, 0.25) is 0 Å². The van der Waals surface area contributed by atoms with Gasteiger partial charge in [-0.15, -0.1) is 0 Å². The maximum Gasteiger partial charge on any atom is 0.228 e. The molecule has 1 atom stereocenters. The predicted octanol–water partition coefficient (Wildman–Crippen LogP) is 2.81. The molecule has 2 heterocycles. The molecule has 1 aromatic heterocycles. The third kappa shape index (κ3) is 2.89. The van der Waals surface area contributed by atoms with Crippen LogP contribution in [0.25, 0.3) is 21.7 Å². The Hall–Kier alpha value is -2.92. The van der Waals surface area contributed by atoms with Crippen molar-refractivity contribution in [2.75, 3.05) is 18.0 Å². The van der Waals surface area contributed by atoms with Gasteiger partial charge in [-0.25, -0.2) is 4.98 Å². The van der Waals surface area contributed by atoms with Crippen molar-refractivity contribution < 1.29 is 4.79 Å². The maximum atomic E-state index is 12.0. The number of hydrogen-bond acceptors (Lipinski definition) is 4. The molecular formula is C15H14N6O. The fraction of sp³-hybridized carbons (Fsp3) is 0.267. The lowest BCUT2D eigenvalue weighted by atomic mass is 10.1. The number of hydrogen-bond donors (Lipinski definition) is 0. The Morgan fingerprint density at radius 2 is 2.09 bits per heavy atom. The third-order valence-electron chi connectivity index (χ3n) is 3.59. The lowest BCUT2D eigenvalue weighted by Crippen LogP contribution is -2.25. The van der Waals surface area contributed by atoms with Gasteiger partial charge in [-0.3, -0.25) is 14.7 Å². The number of carbonyl (C=O) groups is 1. The number of benzene rings is 1. The Kier molecular flexibility index (Phi) is 3.98. The van der Waals surface area contributed by atoms with E-state index in [0.29, 0.717) is 25.3 Å². The molecule has 1 saturated heterocycles. The van der Waals surface area contributed by atoms with Crippen LogP contribution in [0.3, 0.4) is 0 Å². The van der Waals surface area contributed by atoms with Crippen molar-refractivity contribution in [1.82, 2.24) is 9.97 Å². The van der Waals surface area contributed by atoms with Crippen LogP contribution in [-0.2, 0) is 4.79 Å². The van der Waals surface area contributed by atoms with Crippen molar-refractivity contribution in [3.05, 3.63) is 53.2 Å². The van der Waals surface area contributed by atoms with Gasteiger partial charge in [-0.1, -0.05) is 35.4 Å². The van der Waals surface area contributed by atoms with E-state index < -0.39 is 0 Å². The summed E-state index contributed by atoms with van der Waals surface area (Å²) in [6.07, 6.45) is 3.65. The van der Waals surface area contributed by atoms with E-state index in [1.165, 1.54) is 0 Å². The molecule has 1 aromatic carbocycles. The topological polar surface area (TPSA) is 94.9 Å². The van der Waals surface area contributed by atoms with E-state index in [0.717, 1.165) is 11.3 Å². The summed E-state index contributed by atoms with van der Waals surface area (Å²) in [5.41, 5.74) is 10.1. The molecule has 0 bridgehead atoms. The standard InChI is InChI=1S/C15H14N6O/c16-20-19-7-11-6-15(22)21(10-11)14-9-17-13(8-18-14)12-4-2-1-3-5-12/h1-5,8-9,11H,6-7,10H2. The molecule has 22 heavy (non-hydrogen) atoms. The van der Waals surface area contributed by atoms with Crippen LogP contribution in [0.1, 0.15) is 6.42 Å². The van der Waals surface area contributed by atoms with Gasteiger partial charge in [0, 0.05) is 30.0 Å². The molecule has 0 aliphatic carbocycles. The van der Waals surface area contributed by atoms with Gasteiger partial charge in [-0.2, -0.15) is 0 Å². The van der Waals surface area contributed by atoms with Crippen molar-refractivity contribution in [3.8, 4) is 11.3 Å². The highest BCUT2D eigenvalue weighted by Crippen LogP contribution is 2.24. The van der Waals surface area contributed by atoms with Gasteiger partial charge < -0.3 is 0 Å². The fourth-order valence-corrected chi connectivity index (χ4v) is 2.50. The molecule has 110 valence electrons. The van der Waals surface area contributed by atoms with Crippen molar-refractivity contribution >= 4 is 11.7 Å². The van der Waals surface area contributed by atoms with Crippen molar-refractivity contribution in [3.63, 3.8) is 0 Å². The number of carbonyl (C=O) groups excluding carboxylic acids is 1. The predicted molar refractivity (Wildman–Crippen MR) is 81.9 cm³/mol. The number of rotatable bonds is 4. The highest BCUT2D eigenvalue weighted by Gasteiger charge is 2.30. The Morgan fingerprint density at radius 3 is 2.77 bits per heavy atom. The summed E-state index contributed by atoms with van der Waals surface area (Å²) >= 11 is 0. The Morgan fingerprint density at radius 1 is 1.27 bits per heavy atom. The molecular weight excluding hydrogens is 280 g/mol. The van der Waals surface area contributed by atoms with E-state index in [4.69, 9.17) is 5.53 Å². The second-order valence-corrected chi connectivity index (χ2v) is 5.11. The molecule has 0 N–H and O–H groups in total. The van der Waals surface area contributed by atoms with Gasteiger partial charge in [0.15, 0.2) is 5.82 Å². The van der Waals surface area contributed by atoms with Crippen LogP contribution in [0, 0.1) is 5.92 Å². The Labute approximate surface area is 127 Å². The fourth-order valence-electron chi connectivity index (χ4n) is 2.50. The van der Waals surface area contributed by atoms with Crippen LogP contribution < -0.4 is 4.90 Å². The summed E-state index contributed by atoms with van der Waals surface area (Å²) in [5, 5.41) is 3.54. The van der Waals surface area contributed by atoms with Gasteiger partial charge in [0.2, 0.25) is 5.91 Å². The van der Waals surface area contributed by atoms with Crippen LogP contribution >= 0.6 is 0 Å². The molecule has 1 fully saturated rings. The van der Waals surface area contributed by atoms with Crippen molar-refractivity contribution in [2.24, 2.45) is 11.0 Å². The molecule has 3 rings (SSSR count). The average molecular weight is 294 g/mol. The number of anilines is 1. The largest absolute Gasteiger partial charge is 0.295 e. The molecule has 1 aliphatic rings. The number of nitrogens with zero attached hydrogens (tertiary/aromatic N) is 6. The van der Waals surface area contributed by atoms with Crippen LogP contribution in [-0.4, -0.2) is 29.0 Å². The van der Waals surface area contributed by atoms with E-state index in [-0.39, 0.29) is 11.8 Å². The van der Waals surface area contributed by atoms with Gasteiger partial charge in [0.25, 0.3) is 0 Å². The Balaban J connectivity index is 1.76. The molecule has 1 aliphatic heterocycles. The highest BCUT2D eigenvalue weighted by atomic mass is 16.2. The first-order valence-corrected chi connectivity index (χ1v) is 6.96. The van der Waals surface area contributed by atoms with E-state index in [1.54, 1.807) is 17.3 Å². The van der Waals surface area contributed by atoms with Crippen molar-refractivity contribution in [2.45, 2.75) is 6.42 Å². The van der Waals surface area contributed by atoms with Gasteiger partial charge in [0.05, 0.1) is 18.1 Å². The number of amides is 1. The molecule has 2 aromatic rings. The zero-order valence-corrected chi connectivity index (χ0v) is 11.8. The first kappa shape index (κ1) is 14.0. The monoisotopic (exact) mass is 294 g/mol. The minimum Gasteiger partial charge on any atom is -0.295 e. The lowest BCUT2D eigenvalue weighted by Gasteiger charge is -2.15. The first-order valence-electron chi connectivity index (χ1n) is 6.96. The second-order valence-electron chi connectivity index (χ2n) is 5.11. The third-order valence-corrected chi connectivity index (χ3v) is 3.59. The van der Waals surface area contributed by atoms with E-state index in [1.807, 2.05) is 30.3 Å². The van der Waals surface area contributed by atoms with E-state index >= 15 is 0 Å². The van der Waals surface area contributed by atoms with Crippen molar-refractivity contribution in [1.29, 1.82) is 0 Å². The summed E-state index contributed by atoms with van der Waals surface area (Å²) in [4.78, 5) is 25.1. The summed E-state index contributed by atoms with van der Waals surface area (Å²) in [7, 11) is 0. The number of azide groups is 1. The molecule has 7 nitrogen and oxygen atoms in total. The molecule has 1 unspecified atom stereocenters. The van der Waals surface area contributed by atoms with E-state index in [2.05, 4.69) is 20.0 Å². The molecule has 0 saturated carbocycles. The van der Waals surface area contributed by atoms with Gasteiger partial charge in [0.1, 0.15) is 0 Å². The Bertz CT molecular complexity index is 709. The lowest BCUT2D eigenvalue weighted by molar-refractivity contribution is -0.117. The highest BCUT2D eigenvalue weighted by molar-refractivity contribution is 5.94. The summed E-state index contributed by atoms with van der Waals surface area (Å²) in [6, 6.07) is 9.74. The zero-order valence-electron chi connectivity index (χ0n) is 11.8. The zero-order chi connectivity index (χ0) is 15.4. The maximum absolute atomic E-state index is 12.0. The van der Waals surface area contributed by atoms with Crippen LogP contribution in [0.5, 0.6) is 0 Å². The minimum atomic E-state index is -0.0140. The SMILES string of the molecule is [N-]=[N+]=NCC1CC(=O)N(c2cnc(-c3ccccc3)cn2)C1. The van der Waals surface area contributed by atoms with Gasteiger partial charge in [-0.05, 0) is 11.4 Å². The molecule has 0 radical (unpaired) electrons. The summed E-state index contributed by atoms with van der Waals surface area (Å²) in [5.74, 6) is 0.562.